The van der Waals surface area contributed by atoms with Gasteiger partial charge in [0.1, 0.15) is 5.54 Å². The zero-order valence-corrected chi connectivity index (χ0v) is 16.3. The lowest BCUT2D eigenvalue weighted by Gasteiger charge is -2.38. The van der Waals surface area contributed by atoms with Crippen LogP contribution in [0.3, 0.4) is 0 Å². The van der Waals surface area contributed by atoms with E-state index in [-0.39, 0.29) is 18.6 Å². The Balaban J connectivity index is 1.81. The Morgan fingerprint density at radius 3 is 2.26 bits per heavy atom. The minimum atomic E-state index is -0.596. The van der Waals surface area contributed by atoms with Crippen LogP contribution in [0.5, 0.6) is 0 Å². The van der Waals surface area contributed by atoms with Crippen molar-refractivity contribution < 1.29 is 9.90 Å². The van der Waals surface area contributed by atoms with E-state index in [2.05, 4.69) is 46.6 Å². The van der Waals surface area contributed by atoms with Gasteiger partial charge in [0, 0.05) is 19.4 Å². The molecular formula is C23H30N2O2. The molecule has 0 unspecified atom stereocenters. The van der Waals surface area contributed by atoms with E-state index in [4.69, 9.17) is 0 Å². The average Bonchev–Trinajstić information content (AvgIpc) is 3.12. The fraction of sp³-hybridized carbons (Fsp3) is 0.435. The molecule has 4 nitrogen and oxygen atoms in total. The van der Waals surface area contributed by atoms with Crippen LogP contribution in [-0.4, -0.2) is 47.7 Å². The molecule has 1 amide bonds. The first kappa shape index (κ1) is 19.6. The predicted octanol–water partition coefficient (Wildman–Crippen LogP) is 2.59. The van der Waals surface area contributed by atoms with Crippen molar-refractivity contribution in [3.63, 3.8) is 0 Å². The number of hydrogen-bond donors (Lipinski definition) is 2. The molecule has 1 aliphatic carbocycles. The molecule has 27 heavy (non-hydrogen) atoms. The molecule has 2 aromatic carbocycles. The van der Waals surface area contributed by atoms with Crippen molar-refractivity contribution in [2.75, 3.05) is 20.2 Å². The van der Waals surface area contributed by atoms with E-state index in [9.17, 15) is 9.90 Å². The minimum absolute atomic E-state index is 0.0233. The van der Waals surface area contributed by atoms with Crippen LogP contribution >= 0.6 is 0 Å². The summed E-state index contributed by atoms with van der Waals surface area (Å²) in [6, 6.07) is 18.5. The van der Waals surface area contributed by atoms with Gasteiger partial charge in [0.25, 0.3) is 0 Å². The smallest absolute Gasteiger partial charge is 0.241 e. The van der Waals surface area contributed by atoms with Gasteiger partial charge < -0.3 is 10.4 Å². The van der Waals surface area contributed by atoms with Crippen LogP contribution in [0.25, 0.3) is 0 Å². The lowest BCUT2D eigenvalue weighted by molar-refractivity contribution is -0.133. The summed E-state index contributed by atoms with van der Waals surface area (Å²) in [6.45, 7) is 2.76. The first-order valence-corrected chi connectivity index (χ1v) is 9.83. The highest BCUT2D eigenvalue weighted by Crippen LogP contribution is 2.34. The molecule has 0 aliphatic heterocycles. The van der Waals surface area contributed by atoms with E-state index >= 15 is 0 Å². The molecule has 2 aromatic rings. The number of carbonyl (C=O) groups excluding carboxylic acids is 1. The second-order valence-electron chi connectivity index (χ2n) is 7.57. The molecule has 0 bridgehead atoms. The molecule has 0 radical (unpaired) electrons. The Morgan fingerprint density at radius 2 is 1.70 bits per heavy atom. The van der Waals surface area contributed by atoms with Gasteiger partial charge in [0.2, 0.25) is 5.91 Å². The molecule has 1 aliphatic rings. The summed E-state index contributed by atoms with van der Waals surface area (Å²) in [5.74, 6) is 0.0233. The molecule has 0 saturated heterocycles. The minimum Gasteiger partial charge on any atom is -0.394 e. The maximum absolute atomic E-state index is 13.4. The average molecular weight is 367 g/mol. The highest BCUT2D eigenvalue weighted by atomic mass is 16.3. The Morgan fingerprint density at radius 1 is 1.11 bits per heavy atom. The maximum atomic E-state index is 13.4. The van der Waals surface area contributed by atoms with Crippen LogP contribution in [0.4, 0.5) is 0 Å². The number of amides is 1. The van der Waals surface area contributed by atoms with E-state index in [0.717, 1.165) is 19.4 Å². The number of aliphatic hydroxyl groups excluding tert-OH is 1. The van der Waals surface area contributed by atoms with Gasteiger partial charge in [0.15, 0.2) is 0 Å². The van der Waals surface area contributed by atoms with Crippen LogP contribution in [0, 0.1) is 0 Å². The summed E-state index contributed by atoms with van der Waals surface area (Å²) in [6.07, 6.45) is 3.04. The molecule has 3 rings (SSSR count). The Bertz CT molecular complexity index is 731. The van der Waals surface area contributed by atoms with Gasteiger partial charge in [-0.05, 0) is 36.6 Å². The van der Waals surface area contributed by atoms with Crippen molar-refractivity contribution in [3.05, 3.63) is 71.3 Å². The number of likely N-dealkylation sites (N-methyl/N-ethyl adjacent to an activating group) is 1. The van der Waals surface area contributed by atoms with Gasteiger partial charge >= 0.3 is 0 Å². The van der Waals surface area contributed by atoms with E-state index in [1.165, 1.54) is 16.7 Å². The van der Waals surface area contributed by atoms with E-state index in [1.54, 1.807) is 0 Å². The van der Waals surface area contributed by atoms with Crippen molar-refractivity contribution in [1.82, 2.24) is 10.2 Å². The van der Waals surface area contributed by atoms with Gasteiger partial charge in [0.05, 0.1) is 12.6 Å². The van der Waals surface area contributed by atoms with Crippen LogP contribution in [0.2, 0.25) is 0 Å². The molecule has 0 heterocycles. The number of benzene rings is 2. The number of aliphatic hydroxyl groups is 1. The summed E-state index contributed by atoms with van der Waals surface area (Å²) >= 11 is 0. The molecule has 4 heteroatoms. The van der Waals surface area contributed by atoms with Gasteiger partial charge in [-0.25, -0.2) is 0 Å². The normalized spacial score (nSPS) is 16.1. The number of nitrogens with one attached hydrogen (secondary N) is 1. The SMILES string of the molecule is CC[C@H](CO)NC(=O)C1(N(C)CCc2ccccc2)Cc2ccccc2C1. The lowest BCUT2D eigenvalue weighted by atomic mass is 9.91. The summed E-state index contributed by atoms with van der Waals surface area (Å²) in [5, 5.41) is 12.6. The van der Waals surface area contributed by atoms with Gasteiger partial charge in [-0.3, -0.25) is 9.69 Å². The van der Waals surface area contributed by atoms with E-state index < -0.39 is 5.54 Å². The summed E-state index contributed by atoms with van der Waals surface area (Å²) in [5.41, 5.74) is 3.17. The lowest BCUT2D eigenvalue weighted by Crippen LogP contribution is -2.60. The molecule has 2 N–H and O–H groups in total. The third kappa shape index (κ3) is 4.23. The van der Waals surface area contributed by atoms with Gasteiger partial charge in [-0.1, -0.05) is 61.5 Å². The van der Waals surface area contributed by atoms with Gasteiger partial charge in [-0.15, -0.1) is 0 Å². The van der Waals surface area contributed by atoms with Crippen molar-refractivity contribution in [2.45, 2.75) is 44.2 Å². The Kier molecular flexibility index (Phi) is 6.30. The Labute approximate surface area is 162 Å². The number of hydrogen-bond acceptors (Lipinski definition) is 3. The molecule has 1 atom stereocenters. The summed E-state index contributed by atoms with van der Waals surface area (Å²) in [7, 11) is 2.05. The Hall–Kier alpha value is -2.17. The standard InChI is InChI=1S/C23H30N2O2/c1-3-21(17-26)24-22(27)23(15-19-11-7-8-12-20(19)16-23)25(2)14-13-18-9-5-4-6-10-18/h4-12,21,26H,3,13-17H2,1-2H3,(H,24,27)/t21-/m1/s1. The first-order valence-electron chi connectivity index (χ1n) is 9.83. The molecule has 0 saturated carbocycles. The quantitative estimate of drug-likeness (QED) is 0.755. The fourth-order valence-corrected chi connectivity index (χ4v) is 3.95. The second-order valence-corrected chi connectivity index (χ2v) is 7.57. The van der Waals surface area contributed by atoms with E-state index in [1.807, 2.05) is 32.2 Å². The monoisotopic (exact) mass is 366 g/mol. The highest BCUT2D eigenvalue weighted by molar-refractivity contribution is 5.88. The fourth-order valence-electron chi connectivity index (χ4n) is 3.95. The molecule has 0 aromatic heterocycles. The van der Waals surface area contributed by atoms with Crippen LogP contribution in [0.1, 0.15) is 30.0 Å². The number of carbonyl (C=O) groups is 1. The second kappa shape index (κ2) is 8.68. The van der Waals surface area contributed by atoms with Crippen LogP contribution in [-0.2, 0) is 24.1 Å². The summed E-state index contributed by atoms with van der Waals surface area (Å²) in [4.78, 5) is 15.6. The third-order valence-corrected chi connectivity index (χ3v) is 5.86. The number of fused-ring (bicyclic) bond motifs is 1. The largest absolute Gasteiger partial charge is 0.394 e. The van der Waals surface area contributed by atoms with Crippen molar-refractivity contribution in [2.24, 2.45) is 0 Å². The maximum Gasteiger partial charge on any atom is 0.241 e. The number of rotatable bonds is 8. The molecule has 144 valence electrons. The molecule has 0 fully saturated rings. The zero-order valence-electron chi connectivity index (χ0n) is 16.3. The third-order valence-electron chi connectivity index (χ3n) is 5.86. The highest BCUT2D eigenvalue weighted by Gasteiger charge is 2.47. The molecule has 0 spiro atoms. The topological polar surface area (TPSA) is 52.6 Å². The van der Waals surface area contributed by atoms with Crippen LogP contribution < -0.4 is 5.32 Å². The predicted molar refractivity (Wildman–Crippen MR) is 109 cm³/mol. The van der Waals surface area contributed by atoms with Crippen molar-refractivity contribution in [3.8, 4) is 0 Å². The van der Waals surface area contributed by atoms with Crippen molar-refractivity contribution in [1.29, 1.82) is 0 Å². The molecular weight excluding hydrogens is 336 g/mol. The number of nitrogens with zero attached hydrogens (tertiary/aromatic N) is 1. The first-order chi connectivity index (χ1) is 13.1. The zero-order chi connectivity index (χ0) is 19.3. The van der Waals surface area contributed by atoms with Crippen LogP contribution in [0.15, 0.2) is 54.6 Å². The summed E-state index contributed by atoms with van der Waals surface area (Å²) < 4.78 is 0. The van der Waals surface area contributed by atoms with E-state index in [0.29, 0.717) is 12.8 Å². The van der Waals surface area contributed by atoms with Gasteiger partial charge in [-0.2, -0.15) is 0 Å². The van der Waals surface area contributed by atoms with Crippen molar-refractivity contribution >= 4 is 5.91 Å².